The van der Waals surface area contributed by atoms with Gasteiger partial charge in [-0.3, -0.25) is 0 Å². The highest BCUT2D eigenvalue weighted by atomic mass is 16.5. The molecule has 5 heteroatoms. The number of aromatic nitrogens is 2. The van der Waals surface area contributed by atoms with Gasteiger partial charge in [-0.25, -0.2) is 0 Å². The number of rotatable bonds is 4. The van der Waals surface area contributed by atoms with Crippen molar-refractivity contribution in [2.24, 2.45) is 0 Å². The van der Waals surface area contributed by atoms with Gasteiger partial charge in [-0.05, 0) is 53.9 Å². The largest absolute Gasteiger partial charge is 0.368 e. The van der Waals surface area contributed by atoms with Crippen molar-refractivity contribution in [2.45, 2.75) is 83.1 Å². The van der Waals surface area contributed by atoms with Crippen molar-refractivity contribution in [1.82, 2.24) is 15.5 Å². The predicted octanol–water partition coefficient (Wildman–Crippen LogP) is 2.94. The first-order valence-electron chi connectivity index (χ1n) is 7.56. The summed E-state index contributed by atoms with van der Waals surface area (Å²) in [5.41, 5.74) is -0.272. The molecule has 0 aromatic carbocycles. The monoisotopic (exact) mass is 279 g/mol. The molecule has 1 saturated carbocycles. The topological polar surface area (TPSA) is 60.2 Å². The van der Waals surface area contributed by atoms with E-state index in [9.17, 15) is 0 Å². The normalized spacial score (nSPS) is 29.6. The first-order chi connectivity index (χ1) is 9.27. The second-order valence-electron chi connectivity index (χ2n) is 7.38. The summed E-state index contributed by atoms with van der Waals surface area (Å²) in [5.74, 6) is 2.09. The first-order valence-corrected chi connectivity index (χ1v) is 7.56. The lowest BCUT2D eigenvalue weighted by atomic mass is 9.94. The molecule has 1 aromatic heterocycles. The Labute approximate surface area is 120 Å². The van der Waals surface area contributed by atoms with Crippen LogP contribution in [0.5, 0.6) is 0 Å². The second kappa shape index (κ2) is 4.53. The lowest BCUT2D eigenvalue weighted by molar-refractivity contribution is -0.0705. The summed E-state index contributed by atoms with van der Waals surface area (Å²) >= 11 is 0. The first kappa shape index (κ1) is 14.0. The van der Waals surface area contributed by atoms with Crippen LogP contribution in [-0.2, 0) is 4.74 Å². The molecule has 1 aliphatic carbocycles. The van der Waals surface area contributed by atoms with Gasteiger partial charge in [0.05, 0.1) is 17.2 Å². The summed E-state index contributed by atoms with van der Waals surface area (Å²) in [6, 6.07) is 0.334. The van der Waals surface area contributed by atoms with Gasteiger partial charge in [0.1, 0.15) is 0 Å². The number of ether oxygens (including phenoxy) is 1. The van der Waals surface area contributed by atoms with Crippen molar-refractivity contribution >= 4 is 0 Å². The van der Waals surface area contributed by atoms with E-state index in [1.165, 1.54) is 12.8 Å². The summed E-state index contributed by atoms with van der Waals surface area (Å²) in [6.07, 6.45) is 3.37. The van der Waals surface area contributed by atoms with Crippen molar-refractivity contribution in [1.29, 1.82) is 0 Å². The Bertz CT molecular complexity index is 491. The second-order valence-corrected chi connectivity index (χ2v) is 7.38. The van der Waals surface area contributed by atoms with Crippen molar-refractivity contribution in [3.63, 3.8) is 0 Å². The molecule has 1 saturated heterocycles. The van der Waals surface area contributed by atoms with Gasteiger partial charge in [-0.15, -0.1) is 0 Å². The lowest BCUT2D eigenvalue weighted by Gasteiger charge is -2.29. The summed E-state index contributed by atoms with van der Waals surface area (Å²) in [5, 5.41) is 7.67. The number of hydrogen-bond acceptors (Lipinski definition) is 5. The fourth-order valence-electron chi connectivity index (χ4n) is 3.13. The molecule has 1 aromatic rings. The molecule has 1 N–H and O–H groups in total. The Morgan fingerprint density at radius 1 is 1.25 bits per heavy atom. The van der Waals surface area contributed by atoms with Gasteiger partial charge in [-0.1, -0.05) is 5.16 Å². The predicted molar refractivity (Wildman–Crippen MR) is 75.5 cm³/mol. The smallest absolute Gasteiger partial charge is 0.243 e. The van der Waals surface area contributed by atoms with Gasteiger partial charge in [0.25, 0.3) is 0 Å². The van der Waals surface area contributed by atoms with Crippen LogP contribution in [0, 0.1) is 0 Å². The van der Waals surface area contributed by atoms with E-state index in [4.69, 9.17) is 9.26 Å². The molecule has 0 amide bonds. The van der Waals surface area contributed by atoms with Gasteiger partial charge in [-0.2, -0.15) is 4.98 Å². The minimum Gasteiger partial charge on any atom is -0.368 e. The van der Waals surface area contributed by atoms with Crippen LogP contribution in [0.25, 0.3) is 0 Å². The third kappa shape index (κ3) is 2.74. The van der Waals surface area contributed by atoms with Crippen LogP contribution >= 0.6 is 0 Å². The van der Waals surface area contributed by atoms with E-state index in [-0.39, 0.29) is 23.3 Å². The molecule has 0 bridgehead atoms. The summed E-state index contributed by atoms with van der Waals surface area (Å²) < 4.78 is 11.5. The van der Waals surface area contributed by atoms with E-state index < -0.39 is 0 Å². The van der Waals surface area contributed by atoms with E-state index in [1.807, 2.05) is 0 Å². The standard InChI is InChI=1S/C15H25N3O2/c1-9(13-17-12(18-19-13)10-6-7-10)16-11-8-14(2,3)20-15(11,4)5/h9-11,16H,6-8H2,1-5H3/t9-,11+/m0/s1. The molecule has 0 unspecified atom stereocenters. The fourth-order valence-corrected chi connectivity index (χ4v) is 3.13. The van der Waals surface area contributed by atoms with Crippen LogP contribution < -0.4 is 5.32 Å². The Balaban J connectivity index is 1.67. The van der Waals surface area contributed by atoms with Crippen molar-refractivity contribution in [2.75, 3.05) is 0 Å². The van der Waals surface area contributed by atoms with Crippen molar-refractivity contribution in [3.8, 4) is 0 Å². The van der Waals surface area contributed by atoms with Gasteiger partial charge >= 0.3 is 0 Å². The Hall–Kier alpha value is -0.940. The summed E-state index contributed by atoms with van der Waals surface area (Å²) in [6.45, 7) is 10.6. The molecule has 2 atom stereocenters. The minimum atomic E-state index is -0.183. The van der Waals surface area contributed by atoms with Crippen LogP contribution in [0.1, 0.15) is 77.6 Å². The quantitative estimate of drug-likeness (QED) is 0.918. The van der Waals surface area contributed by atoms with E-state index >= 15 is 0 Å². The maximum absolute atomic E-state index is 6.11. The Morgan fingerprint density at radius 3 is 2.50 bits per heavy atom. The zero-order chi connectivity index (χ0) is 14.5. The third-order valence-electron chi connectivity index (χ3n) is 4.30. The van der Waals surface area contributed by atoms with Gasteiger partial charge in [0.15, 0.2) is 5.82 Å². The molecule has 2 heterocycles. The number of nitrogens with zero attached hydrogens (tertiary/aromatic N) is 2. The van der Waals surface area contributed by atoms with Crippen LogP contribution in [-0.4, -0.2) is 27.4 Å². The molecular formula is C15H25N3O2. The molecule has 0 spiro atoms. The molecule has 5 nitrogen and oxygen atoms in total. The van der Waals surface area contributed by atoms with Crippen LogP contribution in [0.2, 0.25) is 0 Å². The number of nitrogens with one attached hydrogen (secondary N) is 1. The highest BCUT2D eigenvalue weighted by molar-refractivity contribution is 5.06. The maximum Gasteiger partial charge on any atom is 0.243 e. The SMILES string of the molecule is C[C@H](N[C@@H]1CC(C)(C)OC1(C)C)c1nc(C2CC2)no1. The molecule has 1 aliphatic heterocycles. The van der Waals surface area contributed by atoms with Crippen molar-refractivity contribution in [3.05, 3.63) is 11.7 Å². The molecule has 3 rings (SSSR count). The third-order valence-corrected chi connectivity index (χ3v) is 4.30. The van der Waals surface area contributed by atoms with Crippen LogP contribution in [0.4, 0.5) is 0 Å². The van der Waals surface area contributed by atoms with Gasteiger partial charge < -0.3 is 14.6 Å². The van der Waals surface area contributed by atoms with E-state index in [2.05, 4.69) is 50.1 Å². The van der Waals surface area contributed by atoms with Gasteiger partial charge in [0.2, 0.25) is 5.89 Å². The lowest BCUT2D eigenvalue weighted by Crippen LogP contribution is -2.44. The van der Waals surface area contributed by atoms with Crippen molar-refractivity contribution < 1.29 is 9.26 Å². The van der Waals surface area contributed by atoms with E-state index in [0.717, 1.165) is 12.2 Å². The molecule has 0 radical (unpaired) electrons. The highest BCUT2D eigenvalue weighted by Gasteiger charge is 2.46. The van der Waals surface area contributed by atoms with E-state index in [1.54, 1.807) is 0 Å². The van der Waals surface area contributed by atoms with Crippen LogP contribution in [0.15, 0.2) is 4.52 Å². The average Bonchev–Trinajstić information content (AvgIpc) is 2.99. The summed E-state index contributed by atoms with van der Waals surface area (Å²) in [7, 11) is 0. The molecule has 112 valence electrons. The maximum atomic E-state index is 6.11. The van der Waals surface area contributed by atoms with Gasteiger partial charge in [0, 0.05) is 12.0 Å². The average molecular weight is 279 g/mol. The summed E-state index contributed by atoms with van der Waals surface area (Å²) in [4.78, 5) is 4.52. The van der Waals surface area contributed by atoms with Crippen LogP contribution in [0.3, 0.4) is 0 Å². The fraction of sp³-hybridized carbons (Fsp3) is 0.867. The Kier molecular flexibility index (Phi) is 3.18. The Morgan fingerprint density at radius 2 is 1.95 bits per heavy atom. The molecular weight excluding hydrogens is 254 g/mol. The zero-order valence-electron chi connectivity index (χ0n) is 13.1. The highest BCUT2D eigenvalue weighted by Crippen LogP contribution is 2.40. The molecule has 2 aliphatic rings. The minimum absolute atomic E-state index is 0.0526. The molecule has 2 fully saturated rings. The number of hydrogen-bond donors (Lipinski definition) is 1. The molecule has 20 heavy (non-hydrogen) atoms. The zero-order valence-corrected chi connectivity index (χ0v) is 13.1. The van der Waals surface area contributed by atoms with E-state index in [0.29, 0.717) is 11.8 Å².